The topological polar surface area (TPSA) is 26.0 Å². The van der Waals surface area contributed by atoms with Gasteiger partial charge >= 0.3 is 0 Å². The van der Waals surface area contributed by atoms with Gasteiger partial charge in [-0.25, -0.2) is 0 Å². The Morgan fingerprint density at radius 1 is 1.46 bits per heavy atom. The van der Waals surface area contributed by atoms with Crippen molar-refractivity contribution in [2.75, 3.05) is 0 Å². The van der Waals surface area contributed by atoms with E-state index in [2.05, 4.69) is 25.0 Å². The van der Waals surface area contributed by atoms with Crippen molar-refractivity contribution in [3.8, 4) is 12.3 Å². The predicted molar refractivity (Wildman–Crippen MR) is 56.2 cm³/mol. The minimum atomic E-state index is 0.0808. The van der Waals surface area contributed by atoms with Crippen molar-refractivity contribution in [2.24, 2.45) is 5.73 Å². The Bertz CT molecular complexity index is 309. The highest BCUT2D eigenvalue weighted by Crippen LogP contribution is 2.18. The Morgan fingerprint density at radius 2 is 2.15 bits per heavy atom. The van der Waals surface area contributed by atoms with Gasteiger partial charge < -0.3 is 5.73 Å². The largest absolute Gasteiger partial charge is 0.324 e. The van der Waals surface area contributed by atoms with Crippen molar-refractivity contribution in [1.82, 2.24) is 0 Å². The normalized spacial score (nSPS) is 12.1. The monoisotopic (exact) mass is 173 g/mol. The van der Waals surface area contributed by atoms with Gasteiger partial charge in [-0.3, -0.25) is 0 Å². The molecule has 0 saturated heterocycles. The van der Waals surface area contributed by atoms with Crippen molar-refractivity contribution in [2.45, 2.75) is 25.8 Å². The summed E-state index contributed by atoms with van der Waals surface area (Å²) in [5, 5.41) is 0. The van der Waals surface area contributed by atoms with Crippen LogP contribution < -0.4 is 5.73 Å². The van der Waals surface area contributed by atoms with Crippen LogP contribution in [0.15, 0.2) is 24.3 Å². The van der Waals surface area contributed by atoms with Crippen LogP contribution in [0.25, 0.3) is 0 Å². The highest BCUT2D eigenvalue weighted by molar-refractivity contribution is 5.28. The lowest BCUT2D eigenvalue weighted by Crippen LogP contribution is -2.11. The van der Waals surface area contributed by atoms with E-state index in [0.29, 0.717) is 0 Å². The van der Waals surface area contributed by atoms with Gasteiger partial charge in [-0.15, -0.1) is 12.3 Å². The maximum atomic E-state index is 5.99. The number of nitrogens with two attached hydrogens (primary N) is 1. The summed E-state index contributed by atoms with van der Waals surface area (Å²) in [6, 6.07) is 8.25. The van der Waals surface area contributed by atoms with Gasteiger partial charge in [-0.2, -0.15) is 0 Å². The zero-order chi connectivity index (χ0) is 9.68. The first kappa shape index (κ1) is 9.83. The Labute approximate surface area is 80.0 Å². The van der Waals surface area contributed by atoms with E-state index in [1.165, 1.54) is 11.1 Å². The maximum absolute atomic E-state index is 5.99. The molecule has 1 atom stereocenters. The van der Waals surface area contributed by atoms with E-state index in [-0.39, 0.29) is 6.04 Å². The lowest BCUT2D eigenvalue weighted by Gasteiger charge is -2.12. The number of terminal acetylenes is 1. The van der Waals surface area contributed by atoms with Crippen LogP contribution in [0, 0.1) is 19.3 Å². The van der Waals surface area contributed by atoms with Crippen LogP contribution in [0.1, 0.15) is 30.0 Å². The molecule has 1 rings (SSSR count). The van der Waals surface area contributed by atoms with E-state index in [1.54, 1.807) is 0 Å². The van der Waals surface area contributed by atoms with Crippen molar-refractivity contribution in [3.05, 3.63) is 35.4 Å². The molecule has 2 N–H and O–H groups in total. The van der Waals surface area contributed by atoms with Crippen molar-refractivity contribution in [3.63, 3.8) is 0 Å². The molecule has 0 fully saturated rings. The summed E-state index contributed by atoms with van der Waals surface area (Å²) >= 11 is 0. The third-order valence-corrected chi connectivity index (χ3v) is 2.19. The van der Waals surface area contributed by atoms with Gasteiger partial charge in [0.2, 0.25) is 0 Å². The van der Waals surface area contributed by atoms with Gasteiger partial charge in [0.1, 0.15) is 0 Å². The molecule has 0 bridgehead atoms. The SMILES string of the molecule is C#CCCC(N)c1ccccc1C. The van der Waals surface area contributed by atoms with Gasteiger partial charge in [-0.1, -0.05) is 24.3 Å². The summed E-state index contributed by atoms with van der Waals surface area (Å²) < 4.78 is 0. The fourth-order valence-electron chi connectivity index (χ4n) is 1.40. The van der Waals surface area contributed by atoms with Crippen LogP contribution in [0.3, 0.4) is 0 Å². The van der Waals surface area contributed by atoms with E-state index < -0.39 is 0 Å². The van der Waals surface area contributed by atoms with Gasteiger partial charge in [0.15, 0.2) is 0 Å². The molecular formula is C12H15N. The summed E-state index contributed by atoms with van der Waals surface area (Å²) in [4.78, 5) is 0. The van der Waals surface area contributed by atoms with E-state index in [1.807, 2.05) is 12.1 Å². The average Bonchev–Trinajstić information content (AvgIpc) is 2.15. The van der Waals surface area contributed by atoms with E-state index in [0.717, 1.165) is 12.8 Å². The number of rotatable bonds is 3. The molecule has 0 aliphatic carbocycles. The Balaban J connectivity index is 2.72. The van der Waals surface area contributed by atoms with Gasteiger partial charge in [-0.05, 0) is 24.5 Å². The minimum Gasteiger partial charge on any atom is -0.324 e. The molecule has 13 heavy (non-hydrogen) atoms. The Kier molecular flexibility index (Phi) is 3.54. The standard InChI is InChI=1S/C12H15N/c1-3-4-9-12(13)11-8-6-5-7-10(11)2/h1,5-8,12H,4,9,13H2,2H3. The quantitative estimate of drug-likeness (QED) is 0.698. The third-order valence-electron chi connectivity index (χ3n) is 2.19. The molecule has 0 aliphatic rings. The predicted octanol–water partition coefficient (Wildman–Crippen LogP) is 2.41. The molecule has 0 saturated carbocycles. The first-order valence-corrected chi connectivity index (χ1v) is 4.50. The highest BCUT2D eigenvalue weighted by Gasteiger charge is 2.06. The van der Waals surface area contributed by atoms with E-state index >= 15 is 0 Å². The molecule has 1 nitrogen and oxygen atoms in total. The van der Waals surface area contributed by atoms with Gasteiger partial charge in [0, 0.05) is 12.5 Å². The summed E-state index contributed by atoms with van der Waals surface area (Å²) in [7, 11) is 0. The van der Waals surface area contributed by atoms with Crippen molar-refractivity contribution < 1.29 is 0 Å². The first-order valence-electron chi connectivity index (χ1n) is 4.50. The molecule has 0 spiro atoms. The fraction of sp³-hybridized carbons (Fsp3) is 0.333. The Morgan fingerprint density at radius 3 is 2.77 bits per heavy atom. The molecule has 1 aromatic carbocycles. The van der Waals surface area contributed by atoms with E-state index in [9.17, 15) is 0 Å². The van der Waals surface area contributed by atoms with Crippen LogP contribution in [0.5, 0.6) is 0 Å². The number of aryl methyl sites for hydroxylation is 1. The molecule has 68 valence electrons. The van der Waals surface area contributed by atoms with E-state index in [4.69, 9.17) is 12.2 Å². The fourth-order valence-corrected chi connectivity index (χ4v) is 1.40. The number of hydrogen-bond donors (Lipinski definition) is 1. The molecule has 0 aromatic heterocycles. The van der Waals surface area contributed by atoms with Crippen LogP contribution in [-0.2, 0) is 0 Å². The zero-order valence-electron chi connectivity index (χ0n) is 7.96. The molecule has 0 radical (unpaired) electrons. The number of benzene rings is 1. The molecule has 0 amide bonds. The molecule has 0 heterocycles. The van der Waals surface area contributed by atoms with Crippen LogP contribution >= 0.6 is 0 Å². The average molecular weight is 173 g/mol. The second kappa shape index (κ2) is 4.69. The molecule has 1 unspecified atom stereocenters. The summed E-state index contributed by atoms with van der Waals surface area (Å²) in [6.45, 7) is 2.07. The Hall–Kier alpha value is -1.26. The van der Waals surface area contributed by atoms with Crippen LogP contribution in [-0.4, -0.2) is 0 Å². The first-order chi connectivity index (χ1) is 6.25. The number of hydrogen-bond acceptors (Lipinski definition) is 1. The summed E-state index contributed by atoms with van der Waals surface area (Å²) in [5.41, 5.74) is 8.44. The summed E-state index contributed by atoms with van der Waals surface area (Å²) in [5.74, 6) is 2.61. The third kappa shape index (κ3) is 2.61. The molecule has 1 heteroatoms. The zero-order valence-corrected chi connectivity index (χ0v) is 7.96. The lowest BCUT2D eigenvalue weighted by molar-refractivity contribution is 0.664. The lowest BCUT2D eigenvalue weighted by atomic mass is 9.99. The highest BCUT2D eigenvalue weighted by atomic mass is 14.6. The minimum absolute atomic E-state index is 0.0808. The van der Waals surface area contributed by atoms with Crippen LogP contribution in [0.2, 0.25) is 0 Å². The van der Waals surface area contributed by atoms with Crippen molar-refractivity contribution in [1.29, 1.82) is 0 Å². The smallest absolute Gasteiger partial charge is 0.0306 e. The molecule has 1 aromatic rings. The summed E-state index contributed by atoms with van der Waals surface area (Å²) in [6.07, 6.45) is 6.80. The second-order valence-corrected chi connectivity index (χ2v) is 3.21. The van der Waals surface area contributed by atoms with Gasteiger partial charge in [0.25, 0.3) is 0 Å². The van der Waals surface area contributed by atoms with Crippen LogP contribution in [0.4, 0.5) is 0 Å². The van der Waals surface area contributed by atoms with Gasteiger partial charge in [0.05, 0.1) is 0 Å². The molecular weight excluding hydrogens is 158 g/mol. The molecule has 0 aliphatic heterocycles. The second-order valence-electron chi connectivity index (χ2n) is 3.21. The maximum Gasteiger partial charge on any atom is 0.0306 e. The van der Waals surface area contributed by atoms with Crippen molar-refractivity contribution >= 4 is 0 Å².